The van der Waals surface area contributed by atoms with Crippen LogP contribution in [0.3, 0.4) is 0 Å². The molecule has 0 bridgehead atoms. The number of halogens is 2. The van der Waals surface area contributed by atoms with Crippen LogP contribution in [-0.4, -0.2) is 23.5 Å². The number of hydrogen-bond acceptors (Lipinski definition) is 5. The summed E-state index contributed by atoms with van der Waals surface area (Å²) in [5.74, 6) is -2.66. The number of aromatic nitrogens is 1. The molecular weight excluding hydrogens is 338 g/mol. The fourth-order valence-corrected chi connectivity index (χ4v) is 2.94. The van der Waals surface area contributed by atoms with Gasteiger partial charge in [0, 0.05) is 11.6 Å². The van der Waals surface area contributed by atoms with E-state index in [0.717, 1.165) is 17.1 Å². The summed E-state index contributed by atoms with van der Waals surface area (Å²) in [6, 6.07) is 2.41. The van der Waals surface area contributed by atoms with E-state index in [1.165, 1.54) is 17.4 Å². The zero-order valence-corrected chi connectivity index (χ0v) is 14.2. The first-order valence-electron chi connectivity index (χ1n) is 7.13. The fourth-order valence-electron chi connectivity index (χ4n) is 2.13. The second-order valence-electron chi connectivity index (χ2n) is 5.18. The molecule has 2 rings (SSSR count). The van der Waals surface area contributed by atoms with Gasteiger partial charge in [0.25, 0.3) is 5.91 Å². The SMILES string of the molecule is Cc1nc(C)c(C(=O)OCC(=O)NC(C)c2ccc(F)cc2F)s1. The van der Waals surface area contributed by atoms with Crippen LogP contribution in [0.1, 0.15) is 38.9 Å². The normalized spacial score (nSPS) is 11.9. The van der Waals surface area contributed by atoms with Crippen LogP contribution in [0, 0.1) is 25.5 Å². The second kappa shape index (κ2) is 7.48. The number of aryl methyl sites for hydroxylation is 2. The highest BCUT2D eigenvalue weighted by molar-refractivity contribution is 7.13. The highest BCUT2D eigenvalue weighted by Crippen LogP contribution is 2.19. The molecule has 2 aromatic rings. The maximum atomic E-state index is 13.7. The molecule has 1 unspecified atom stereocenters. The molecule has 0 aliphatic carbocycles. The molecule has 0 aliphatic rings. The number of hydrogen-bond donors (Lipinski definition) is 1. The third-order valence-electron chi connectivity index (χ3n) is 3.23. The van der Waals surface area contributed by atoms with Crippen LogP contribution < -0.4 is 5.32 Å². The Labute approximate surface area is 141 Å². The number of carbonyl (C=O) groups is 2. The minimum Gasteiger partial charge on any atom is -0.451 e. The van der Waals surface area contributed by atoms with Crippen molar-refractivity contribution < 1.29 is 23.1 Å². The zero-order valence-electron chi connectivity index (χ0n) is 13.4. The third-order valence-corrected chi connectivity index (χ3v) is 4.28. The van der Waals surface area contributed by atoms with Crippen LogP contribution in [0.15, 0.2) is 18.2 Å². The first-order chi connectivity index (χ1) is 11.3. The van der Waals surface area contributed by atoms with Gasteiger partial charge in [0.1, 0.15) is 16.5 Å². The van der Waals surface area contributed by atoms with E-state index in [2.05, 4.69) is 10.3 Å². The molecule has 1 atom stereocenters. The highest BCUT2D eigenvalue weighted by Gasteiger charge is 2.18. The van der Waals surface area contributed by atoms with Gasteiger partial charge in [0.05, 0.1) is 16.7 Å². The molecule has 1 N–H and O–H groups in total. The summed E-state index contributed by atoms with van der Waals surface area (Å²) in [4.78, 5) is 28.2. The summed E-state index contributed by atoms with van der Waals surface area (Å²) in [7, 11) is 0. The summed E-state index contributed by atoms with van der Waals surface area (Å²) in [6.07, 6.45) is 0. The number of carbonyl (C=O) groups excluding carboxylic acids is 2. The molecule has 1 aromatic heterocycles. The molecule has 24 heavy (non-hydrogen) atoms. The number of nitrogens with one attached hydrogen (secondary N) is 1. The van der Waals surface area contributed by atoms with Crippen LogP contribution in [0.5, 0.6) is 0 Å². The molecule has 0 saturated carbocycles. The van der Waals surface area contributed by atoms with Gasteiger partial charge in [-0.1, -0.05) is 6.07 Å². The Bertz CT molecular complexity index is 777. The van der Waals surface area contributed by atoms with Crippen molar-refractivity contribution in [2.75, 3.05) is 6.61 Å². The van der Waals surface area contributed by atoms with E-state index in [0.29, 0.717) is 10.6 Å². The number of esters is 1. The van der Waals surface area contributed by atoms with Crippen LogP contribution in [-0.2, 0) is 9.53 Å². The Kier molecular flexibility index (Phi) is 5.61. The lowest BCUT2D eigenvalue weighted by Crippen LogP contribution is -2.31. The maximum absolute atomic E-state index is 13.7. The molecule has 0 spiro atoms. The Morgan fingerprint density at radius 3 is 2.62 bits per heavy atom. The fraction of sp³-hybridized carbons (Fsp3) is 0.312. The predicted molar refractivity (Wildman–Crippen MR) is 84.8 cm³/mol. The predicted octanol–water partition coefficient (Wildman–Crippen LogP) is 3.07. The zero-order chi connectivity index (χ0) is 17.9. The van der Waals surface area contributed by atoms with E-state index in [9.17, 15) is 18.4 Å². The van der Waals surface area contributed by atoms with Gasteiger partial charge in [0.2, 0.25) is 0 Å². The van der Waals surface area contributed by atoms with Crippen molar-refractivity contribution >= 4 is 23.2 Å². The number of nitrogens with zero attached hydrogens (tertiary/aromatic N) is 1. The molecule has 0 radical (unpaired) electrons. The third kappa shape index (κ3) is 4.35. The van der Waals surface area contributed by atoms with Crippen molar-refractivity contribution in [2.24, 2.45) is 0 Å². The summed E-state index contributed by atoms with van der Waals surface area (Å²) in [5.41, 5.74) is 0.690. The average Bonchev–Trinajstić information content (AvgIpc) is 2.83. The van der Waals surface area contributed by atoms with Gasteiger partial charge in [-0.25, -0.2) is 18.6 Å². The van der Waals surface area contributed by atoms with Gasteiger partial charge in [-0.3, -0.25) is 4.79 Å². The number of thiazole rings is 1. The average molecular weight is 354 g/mol. The summed E-state index contributed by atoms with van der Waals surface area (Å²) in [6.45, 7) is 4.49. The largest absolute Gasteiger partial charge is 0.451 e. The first-order valence-corrected chi connectivity index (χ1v) is 7.95. The van der Waals surface area contributed by atoms with Gasteiger partial charge < -0.3 is 10.1 Å². The molecular formula is C16H16F2N2O3S. The van der Waals surface area contributed by atoms with Gasteiger partial charge >= 0.3 is 5.97 Å². The lowest BCUT2D eigenvalue weighted by molar-refractivity contribution is -0.124. The van der Waals surface area contributed by atoms with Crippen molar-refractivity contribution in [3.8, 4) is 0 Å². The van der Waals surface area contributed by atoms with E-state index in [1.54, 1.807) is 20.8 Å². The highest BCUT2D eigenvalue weighted by atomic mass is 32.1. The van der Waals surface area contributed by atoms with Crippen molar-refractivity contribution in [1.82, 2.24) is 10.3 Å². The number of benzene rings is 1. The monoisotopic (exact) mass is 354 g/mol. The van der Waals surface area contributed by atoms with Crippen LogP contribution in [0.2, 0.25) is 0 Å². The number of rotatable bonds is 5. The van der Waals surface area contributed by atoms with Crippen molar-refractivity contribution in [3.05, 3.63) is 51.0 Å². The minimum atomic E-state index is -0.754. The smallest absolute Gasteiger partial charge is 0.350 e. The molecule has 5 nitrogen and oxygen atoms in total. The summed E-state index contributed by atoms with van der Waals surface area (Å²) >= 11 is 1.19. The number of ether oxygens (including phenoxy) is 1. The minimum absolute atomic E-state index is 0.144. The lowest BCUT2D eigenvalue weighted by Gasteiger charge is -2.15. The molecule has 0 saturated heterocycles. The first kappa shape index (κ1) is 18.0. The molecule has 128 valence electrons. The van der Waals surface area contributed by atoms with Crippen LogP contribution >= 0.6 is 11.3 Å². The van der Waals surface area contributed by atoms with E-state index >= 15 is 0 Å². The Morgan fingerprint density at radius 2 is 2.04 bits per heavy atom. The van der Waals surface area contributed by atoms with Crippen molar-refractivity contribution in [3.63, 3.8) is 0 Å². The Hall–Kier alpha value is -2.35. The molecule has 0 fully saturated rings. The topological polar surface area (TPSA) is 68.3 Å². The Morgan fingerprint density at radius 1 is 1.33 bits per heavy atom. The van der Waals surface area contributed by atoms with Gasteiger partial charge in [-0.15, -0.1) is 11.3 Å². The van der Waals surface area contributed by atoms with E-state index < -0.39 is 36.2 Å². The van der Waals surface area contributed by atoms with Crippen molar-refractivity contribution in [1.29, 1.82) is 0 Å². The standard InChI is InChI=1S/C16H16F2N2O3S/c1-8(12-5-4-11(17)6-13(12)18)20-14(21)7-23-16(22)15-9(2)19-10(3)24-15/h4-6,8H,7H2,1-3H3,(H,20,21). The molecule has 1 amide bonds. The van der Waals surface area contributed by atoms with E-state index in [4.69, 9.17) is 4.74 Å². The van der Waals surface area contributed by atoms with Crippen LogP contribution in [0.25, 0.3) is 0 Å². The molecule has 1 aromatic carbocycles. The quantitative estimate of drug-likeness (QED) is 0.838. The molecule has 8 heteroatoms. The molecule has 0 aliphatic heterocycles. The number of amides is 1. The van der Waals surface area contributed by atoms with E-state index in [1.807, 2.05) is 0 Å². The molecule has 1 heterocycles. The van der Waals surface area contributed by atoms with Gasteiger partial charge in [-0.05, 0) is 26.8 Å². The lowest BCUT2D eigenvalue weighted by atomic mass is 10.1. The van der Waals surface area contributed by atoms with Gasteiger partial charge in [-0.2, -0.15) is 0 Å². The summed E-state index contributed by atoms with van der Waals surface area (Å²) < 4.78 is 31.5. The van der Waals surface area contributed by atoms with Gasteiger partial charge in [0.15, 0.2) is 6.61 Å². The summed E-state index contributed by atoms with van der Waals surface area (Å²) in [5, 5.41) is 3.22. The Balaban J connectivity index is 1.91. The maximum Gasteiger partial charge on any atom is 0.350 e. The van der Waals surface area contributed by atoms with Crippen molar-refractivity contribution in [2.45, 2.75) is 26.8 Å². The van der Waals surface area contributed by atoms with E-state index in [-0.39, 0.29) is 5.56 Å². The second-order valence-corrected chi connectivity index (χ2v) is 6.38. The van der Waals surface area contributed by atoms with Crippen LogP contribution in [0.4, 0.5) is 8.78 Å².